The Labute approximate surface area is 128 Å². The van der Waals surface area contributed by atoms with Crippen LogP contribution in [0.25, 0.3) is 0 Å². The maximum absolute atomic E-state index is 11.8. The zero-order valence-corrected chi connectivity index (χ0v) is 12.2. The number of carbonyl (C=O) groups excluding carboxylic acids is 2. The summed E-state index contributed by atoms with van der Waals surface area (Å²) in [5, 5.41) is 6.63. The smallest absolute Gasteiger partial charge is 0.271 e. The normalized spacial score (nSPS) is 11.0. The molecule has 0 unspecified atom stereocenters. The Hall–Kier alpha value is -2.89. The third-order valence-corrected chi connectivity index (χ3v) is 2.84. The molecule has 0 aliphatic heterocycles. The van der Waals surface area contributed by atoms with E-state index in [9.17, 15) is 9.59 Å². The average Bonchev–Trinajstić information content (AvgIpc) is 3.05. The molecule has 2 aromatic rings. The van der Waals surface area contributed by atoms with Crippen molar-refractivity contribution in [2.45, 2.75) is 19.9 Å². The quantitative estimate of drug-likeness (QED) is 0.633. The Bertz CT molecular complexity index is 649. The molecule has 2 N–H and O–H groups in total. The van der Waals surface area contributed by atoms with Gasteiger partial charge in [0.1, 0.15) is 5.76 Å². The van der Waals surface area contributed by atoms with Gasteiger partial charge >= 0.3 is 0 Å². The first-order valence-electron chi connectivity index (χ1n) is 6.83. The number of benzene rings is 1. The van der Waals surface area contributed by atoms with Crippen LogP contribution >= 0.6 is 0 Å². The highest BCUT2D eigenvalue weighted by Crippen LogP contribution is 2.00. The predicted molar refractivity (Wildman–Crippen MR) is 82.2 cm³/mol. The highest BCUT2D eigenvalue weighted by Gasteiger charge is 2.06. The molecule has 0 atom stereocenters. The van der Waals surface area contributed by atoms with E-state index in [1.165, 1.54) is 0 Å². The summed E-state index contributed by atoms with van der Waals surface area (Å²) in [5.41, 5.74) is 3.45. The summed E-state index contributed by atoms with van der Waals surface area (Å²) in [7, 11) is 0. The van der Waals surface area contributed by atoms with Crippen LogP contribution in [-0.4, -0.2) is 17.5 Å². The predicted octanol–water partition coefficient (Wildman–Crippen LogP) is 2.09. The summed E-state index contributed by atoms with van der Waals surface area (Å²) < 4.78 is 5.11. The van der Waals surface area contributed by atoms with Gasteiger partial charge in [-0.15, -0.1) is 0 Å². The van der Waals surface area contributed by atoms with E-state index in [2.05, 4.69) is 15.8 Å². The van der Waals surface area contributed by atoms with Crippen LogP contribution in [0.4, 0.5) is 0 Å². The lowest BCUT2D eigenvalue weighted by Crippen LogP contribution is -2.26. The second-order valence-electron chi connectivity index (χ2n) is 4.69. The van der Waals surface area contributed by atoms with E-state index in [0.717, 1.165) is 0 Å². The monoisotopic (exact) mass is 299 g/mol. The number of amides is 2. The molecule has 114 valence electrons. The van der Waals surface area contributed by atoms with Crippen LogP contribution in [0.5, 0.6) is 0 Å². The van der Waals surface area contributed by atoms with Crippen molar-refractivity contribution >= 4 is 17.5 Å². The van der Waals surface area contributed by atoms with Gasteiger partial charge < -0.3 is 9.73 Å². The Balaban J connectivity index is 1.77. The number of furan rings is 1. The van der Waals surface area contributed by atoms with Gasteiger partial charge in [-0.05, 0) is 31.2 Å². The maximum Gasteiger partial charge on any atom is 0.271 e. The molecule has 1 heterocycles. The Kier molecular flexibility index (Phi) is 5.48. The van der Waals surface area contributed by atoms with Crippen LogP contribution < -0.4 is 10.7 Å². The first kappa shape index (κ1) is 15.5. The van der Waals surface area contributed by atoms with Crippen molar-refractivity contribution in [3.63, 3.8) is 0 Å². The Morgan fingerprint density at radius 1 is 1.14 bits per heavy atom. The fraction of sp³-hybridized carbons (Fsp3) is 0.188. The van der Waals surface area contributed by atoms with Crippen molar-refractivity contribution in [2.75, 3.05) is 0 Å². The summed E-state index contributed by atoms with van der Waals surface area (Å²) in [6, 6.07) is 12.3. The standard InChI is InChI=1S/C16H17N3O3/c1-12(10-15(20)17-11-14-8-5-9-22-14)18-19-16(21)13-6-3-2-4-7-13/h2-9H,10-11H2,1H3,(H,17,20)(H,19,21)/b18-12-. The third-order valence-electron chi connectivity index (χ3n) is 2.84. The number of rotatable bonds is 6. The molecule has 1 aromatic carbocycles. The summed E-state index contributed by atoms with van der Waals surface area (Å²) in [5.74, 6) is 0.183. The zero-order chi connectivity index (χ0) is 15.8. The highest BCUT2D eigenvalue weighted by atomic mass is 16.3. The molecule has 2 amide bonds. The van der Waals surface area contributed by atoms with Gasteiger partial charge in [0.15, 0.2) is 0 Å². The van der Waals surface area contributed by atoms with Crippen LogP contribution in [0.1, 0.15) is 29.5 Å². The van der Waals surface area contributed by atoms with E-state index in [4.69, 9.17) is 4.42 Å². The number of hydrazone groups is 1. The van der Waals surface area contributed by atoms with Crippen LogP contribution in [-0.2, 0) is 11.3 Å². The van der Waals surface area contributed by atoms with Gasteiger partial charge in [-0.2, -0.15) is 5.10 Å². The Morgan fingerprint density at radius 3 is 2.59 bits per heavy atom. The SMILES string of the molecule is C/C(CC(=O)NCc1ccco1)=N/NC(=O)c1ccccc1. The molecule has 6 heteroatoms. The van der Waals surface area contributed by atoms with Crippen molar-refractivity contribution in [2.24, 2.45) is 5.10 Å². The van der Waals surface area contributed by atoms with Gasteiger partial charge in [0.2, 0.25) is 5.91 Å². The Morgan fingerprint density at radius 2 is 1.91 bits per heavy atom. The minimum absolute atomic E-state index is 0.107. The summed E-state index contributed by atoms with van der Waals surface area (Å²) in [6.45, 7) is 2.01. The van der Waals surface area contributed by atoms with Gasteiger partial charge in [-0.25, -0.2) is 5.43 Å². The first-order valence-corrected chi connectivity index (χ1v) is 6.83. The lowest BCUT2D eigenvalue weighted by Gasteiger charge is -2.04. The number of carbonyl (C=O) groups is 2. The van der Waals surface area contributed by atoms with E-state index < -0.39 is 0 Å². The first-order chi connectivity index (χ1) is 10.6. The molecule has 0 saturated carbocycles. The van der Waals surface area contributed by atoms with Crippen molar-refractivity contribution in [3.05, 3.63) is 60.1 Å². The average molecular weight is 299 g/mol. The fourth-order valence-corrected chi connectivity index (χ4v) is 1.73. The van der Waals surface area contributed by atoms with Crippen LogP contribution in [0.2, 0.25) is 0 Å². The van der Waals surface area contributed by atoms with Crippen molar-refractivity contribution < 1.29 is 14.0 Å². The van der Waals surface area contributed by atoms with E-state index in [0.29, 0.717) is 23.6 Å². The molecule has 0 radical (unpaired) electrons. The zero-order valence-electron chi connectivity index (χ0n) is 12.2. The minimum Gasteiger partial charge on any atom is -0.467 e. The van der Waals surface area contributed by atoms with Crippen molar-refractivity contribution in [1.29, 1.82) is 0 Å². The maximum atomic E-state index is 11.8. The van der Waals surface area contributed by atoms with Crippen LogP contribution in [0.3, 0.4) is 0 Å². The van der Waals surface area contributed by atoms with Gasteiger partial charge in [-0.3, -0.25) is 9.59 Å². The number of nitrogens with zero attached hydrogens (tertiary/aromatic N) is 1. The molecular weight excluding hydrogens is 282 g/mol. The van der Waals surface area contributed by atoms with Crippen LogP contribution in [0, 0.1) is 0 Å². The van der Waals surface area contributed by atoms with Crippen molar-refractivity contribution in [1.82, 2.24) is 10.7 Å². The second kappa shape index (κ2) is 7.78. The van der Waals surface area contributed by atoms with E-state index >= 15 is 0 Å². The second-order valence-corrected chi connectivity index (χ2v) is 4.69. The van der Waals surface area contributed by atoms with E-state index in [1.54, 1.807) is 49.6 Å². The van der Waals surface area contributed by atoms with Crippen LogP contribution in [0.15, 0.2) is 58.2 Å². The molecule has 0 aliphatic carbocycles. The molecule has 0 bridgehead atoms. The molecule has 22 heavy (non-hydrogen) atoms. The van der Waals surface area contributed by atoms with Gasteiger partial charge in [-0.1, -0.05) is 18.2 Å². The van der Waals surface area contributed by atoms with E-state index in [-0.39, 0.29) is 18.2 Å². The third kappa shape index (κ3) is 4.90. The topological polar surface area (TPSA) is 83.7 Å². The summed E-state index contributed by atoms with van der Waals surface area (Å²) in [6.07, 6.45) is 1.66. The summed E-state index contributed by atoms with van der Waals surface area (Å²) >= 11 is 0. The number of hydrogen-bond donors (Lipinski definition) is 2. The molecule has 0 fully saturated rings. The lowest BCUT2D eigenvalue weighted by molar-refractivity contribution is -0.120. The highest BCUT2D eigenvalue weighted by molar-refractivity contribution is 6.01. The molecule has 6 nitrogen and oxygen atoms in total. The molecule has 0 spiro atoms. The molecule has 1 aromatic heterocycles. The molecule has 2 rings (SSSR count). The largest absolute Gasteiger partial charge is 0.467 e. The van der Waals surface area contributed by atoms with Crippen molar-refractivity contribution in [3.8, 4) is 0 Å². The lowest BCUT2D eigenvalue weighted by atomic mass is 10.2. The summed E-state index contributed by atoms with van der Waals surface area (Å²) in [4.78, 5) is 23.5. The van der Waals surface area contributed by atoms with Gasteiger partial charge in [0, 0.05) is 11.3 Å². The fourth-order valence-electron chi connectivity index (χ4n) is 1.73. The van der Waals surface area contributed by atoms with E-state index in [1.807, 2.05) is 6.07 Å². The molecule has 0 saturated heterocycles. The number of hydrogen-bond acceptors (Lipinski definition) is 4. The molecular formula is C16H17N3O3. The van der Waals surface area contributed by atoms with Gasteiger partial charge in [0.25, 0.3) is 5.91 Å². The number of nitrogens with one attached hydrogen (secondary N) is 2. The molecule has 0 aliphatic rings. The minimum atomic E-state index is -0.309. The van der Waals surface area contributed by atoms with Gasteiger partial charge in [0.05, 0.1) is 19.2 Å².